The second-order valence-corrected chi connectivity index (χ2v) is 9.60. The molecule has 2 aliphatic heterocycles. The Kier molecular flexibility index (Phi) is 4.86. The topological polar surface area (TPSA) is 79.3 Å². The van der Waals surface area contributed by atoms with Crippen molar-refractivity contribution < 1.29 is 8.42 Å². The first-order chi connectivity index (χ1) is 12.9. The summed E-state index contributed by atoms with van der Waals surface area (Å²) in [4.78, 5) is 18.4. The highest BCUT2D eigenvalue weighted by molar-refractivity contribution is 7.91. The van der Waals surface area contributed by atoms with E-state index in [0.717, 1.165) is 55.4 Å². The summed E-state index contributed by atoms with van der Waals surface area (Å²) in [5.41, 5.74) is 2.83. The molecule has 27 heavy (non-hydrogen) atoms. The number of aromatic nitrogens is 3. The number of anilines is 1. The van der Waals surface area contributed by atoms with Crippen molar-refractivity contribution in [1.29, 1.82) is 0 Å². The van der Waals surface area contributed by atoms with Gasteiger partial charge in [0, 0.05) is 49.7 Å². The minimum absolute atomic E-state index is 0.175. The van der Waals surface area contributed by atoms with Crippen LogP contribution in [0.3, 0.4) is 0 Å². The number of rotatable bonds is 3. The average Bonchev–Trinajstić information content (AvgIpc) is 3.04. The van der Waals surface area contributed by atoms with Gasteiger partial charge in [-0.2, -0.15) is 0 Å². The van der Waals surface area contributed by atoms with Gasteiger partial charge in [-0.05, 0) is 32.4 Å². The quantitative estimate of drug-likeness (QED) is 0.789. The van der Waals surface area contributed by atoms with E-state index in [1.165, 1.54) is 0 Å². The van der Waals surface area contributed by atoms with Gasteiger partial charge in [0.2, 0.25) is 0 Å². The molecular formula is C19H25N5O2S. The fourth-order valence-electron chi connectivity index (χ4n) is 3.89. The summed E-state index contributed by atoms with van der Waals surface area (Å²) in [6.45, 7) is 7.48. The van der Waals surface area contributed by atoms with Crippen molar-refractivity contribution >= 4 is 15.7 Å². The maximum absolute atomic E-state index is 11.8. The Bertz CT molecular complexity index is 925. The lowest BCUT2D eigenvalue weighted by Crippen LogP contribution is -2.51. The van der Waals surface area contributed by atoms with Gasteiger partial charge in [0.15, 0.2) is 15.7 Å². The molecular weight excluding hydrogens is 362 g/mol. The Morgan fingerprint density at radius 1 is 1.07 bits per heavy atom. The van der Waals surface area contributed by atoms with E-state index >= 15 is 0 Å². The molecule has 2 aliphatic rings. The number of hydrogen-bond donors (Lipinski definition) is 0. The van der Waals surface area contributed by atoms with Gasteiger partial charge in [0.1, 0.15) is 11.5 Å². The van der Waals surface area contributed by atoms with E-state index in [4.69, 9.17) is 4.98 Å². The summed E-state index contributed by atoms with van der Waals surface area (Å²) in [5, 5.41) is 0. The number of sulfone groups is 1. The van der Waals surface area contributed by atoms with Crippen LogP contribution in [-0.2, 0) is 9.84 Å². The predicted octanol–water partition coefficient (Wildman–Crippen LogP) is 1.46. The van der Waals surface area contributed by atoms with Crippen molar-refractivity contribution in [2.45, 2.75) is 26.3 Å². The minimum atomic E-state index is -2.84. The monoisotopic (exact) mass is 387 g/mol. The second kappa shape index (κ2) is 7.16. The Morgan fingerprint density at radius 2 is 1.85 bits per heavy atom. The van der Waals surface area contributed by atoms with Crippen LogP contribution in [0.1, 0.15) is 17.7 Å². The zero-order valence-electron chi connectivity index (χ0n) is 15.8. The Balaban J connectivity index is 1.52. The van der Waals surface area contributed by atoms with Gasteiger partial charge in [0.25, 0.3) is 0 Å². The SMILES string of the molecule is Cc1nc(-c2ccccn2)nc(N2CCN(C3CCS(=O)(=O)C3)CC2)c1C. The molecule has 4 heterocycles. The fraction of sp³-hybridized carbons (Fsp3) is 0.526. The molecule has 0 amide bonds. The fourth-order valence-corrected chi connectivity index (χ4v) is 5.65. The van der Waals surface area contributed by atoms with Crippen molar-refractivity contribution in [3.05, 3.63) is 35.7 Å². The second-order valence-electron chi connectivity index (χ2n) is 7.38. The first-order valence-corrected chi connectivity index (χ1v) is 11.2. The third-order valence-corrected chi connectivity index (χ3v) is 7.35. The molecule has 1 unspecified atom stereocenters. The van der Waals surface area contributed by atoms with Crippen LogP contribution in [-0.4, -0.2) is 72.0 Å². The highest BCUT2D eigenvalue weighted by atomic mass is 32.2. The standard InChI is InChI=1S/C19H25N5O2S/c1-14-15(2)21-18(17-5-3-4-7-20-17)22-19(14)24-10-8-23(9-11-24)16-6-12-27(25,26)13-16/h3-5,7,16H,6,8-13H2,1-2H3. The molecule has 144 valence electrons. The van der Waals surface area contributed by atoms with Crippen LogP contribution in [0.2, 0.25) is 0 Å². The van der Waals surface area contributed by atoms with Crippen LogP contribution in [0.25, 0.3) is 11.5 Å². The highest BCUT2D eigenvalue weighted by Crippen LogP contribution is 2.26. The van der Waals surface area contributed by atoms with Crippen LogP contribution in [0.4, 0.5) is 5.82 Å². The Hall–Kier alpha value is -2.06. The molecule has 7 nitrogen and oxygen atoms in total. The third kappa shape index (κ3) is 3.82. The Morgan fingerprint density at radius 3 is 2.48 bits per heavy atom. The molecule has 0 N–H and O–H groups in total. The lowest BCUT2D eigenvalue weighted by atomic mass is 10.1. The van der Waals surface area contributed by atoms with Gasteiger partial charge >= 0.3 is 0 Å². The molecule has 2 fully saturated rings. The van der Waals surface area contributed by atoms with E-state index in [1.54, 1.807) is 6.20 Å². The van der Waals surface area contributed by atoms with E-state index in [0.29, 0.717) is 17.3 Å². The summed E-state index contributed by atoms with van der Waals surface area (Å²) in [6, 6.07) is 5.92. The van der Waals surface area contributed by atoms with Crippen LogP contribution >= 0.6 is 0 Å². The molecule has 0 bridgehead atoms. The maximum atomic E-state index is 11.8. The molecule has 2 saturated heterocycles. The zero-order valence-corrected chi connectivity index (χ0v) is 16.6. The van der Waals surface area contributed by atoms with Crippen molar-refractivity contribution in [3.8, 4) is 11.5 Å². The highest BCUT2D eigenvalue weighted by Gasteiger charge is 2.34. The number of hydrogen-bond acceptors (Lipinski definition) is 7. The smallest absolute Gasteiger partial charge is 0.180 e. The normalized spacial score (nSPS) is 22.9. The van der Waals surface area contributed by atoms with Crippen molar-refractivity contribution in [1.82, 2.24) is 19.9 Å². The molecule has 8 heteroatoms. The average molecular weight is 388 g/mol. The molecule has 0 radical (unpaired) electrons. The van der Waals surface area contributed by atoms with E-state index < -0.39 is 9.84 Å². The molecule has 2 aromatic heterocycles. The molecule has 0 aromatic carbocycles. The number of piperazine rings is 1. The first-order valence-electron chi connectivity index (χ1n) is 9.39. The van der Waals surface area contributed by atoms with Crippen molar-refractivity contribution in [2.75, 3.05) is 42.6 Å². The van der Waals surface area contributed by atoms with Crippen LogP contribution in [0.15, 0.2) is 24.4 Å². The third-order valence-electron chi connectivity index (χ3n) is 5.60. The van der Waals surface area contributed by atoms with Gasteiger partial charge < -0.3 is 4.90 Å². The molecule has 2 aromatic rings. The van der Waals surface area contributed by atoms with Crippen LogP contribution in [0, 0.1) is 13.8 Å². The largest absolute Gasteiger partial charge is 0.354 e. The van der Waals surface area contributed by atoms with Crippen molar-refractivity contribution in [2.24, 2.45) is 0 Å². The van der Waals surface area contributed by atoms with E-state index in [2.05, 4.69) is 26.7 Å². The van der Waals surface area contributed by atoms with Gasteiger partial charge in [-0.25, -0.2) is 18.4 Å². The zero-order chi connectivity index (χ0) is 19.0. The lowest BCUT2D eigenvalue weighted by molar-refractivity contribution is 0.200. The summed E-state index contributed by atoms with van der Waals surface area (Å²) >= 11 is 0. The van der Waals surface area contributed by atoms with Crippen molar-refractivity contribution in [3.63, 3.8) is 0 Å². The van der Waals surface area contributed by atoms with E-state index in [-0.39, 0.29) is 6.04 Å². The maximum Gasteiger partial charge on any atom is 0.180 e. The minimum Gasteiger partial charge on any atom is -0.354 e. The number of nitrogens with zero attached hydrogens (tertiary/aromatic N) is 5. The van der Waals surface area contributed by atoms with E-state index in [1.807, 2.05) is 25.1 Å². The first kappa shape index (κ1) is 18.3. The molecule has 0 spiro atoms. The van der Waals surface area contributed by atoms with E-state index in [9.17, 15) is 8.42 Å². The summed E-state index contributed by atoms with van der Waals surface area (Å²) in [7, 11) is -2.84. The Labute approximate surface area is 160 Å². The van der Waals surface area contributed by atoms with Gasteiger partial charge in [-0.15, -0.1) is 0 Å². The summed E-state index contributed by atoms with van der Waals surface area (Å²) in [6.07, 6.45) is 2.51. The molecule has 4 rings (SSSR count). The van der Waals surface area contributed by atoms with Gasteiger partial charge in [0.05, 0.1) is 11.5 Å². The predicted molar refractivity (Wildman–Crippen MR) is 106 cm³/mol. The van der Waals surface area contributed by atoms with Gasteiger partial charge in [-0.3, -0.25) is 9.88 Å². The molecule has 0 aliphatic carbocycles. The molecule has 1 atom stereocenters. The molecule has 0 saturated carbocycles. The number of aryl methyl sites for hydroxylation is 1. The number of pyridine rings is 1. The summed E-state index contributed by atoms with van der Waals surface area (Å²) < 4.78 is 23.5. The van der Waals surface area contributed by atoms with Crippen LogP contribution in [0.5, 0.6) is 0 Å². The lowest BCUT2D eigenvalue weighted by Gasteiger charge is -2.38. The van der Waals surface area contributed by atoms with Crippen LogP contribution < -0.4 is 4.90 Å². The van der Waals surface area contributed by atoms with Gasteiger partial charge in [-0.1, -0.05) is 6.07 Å². The summed E-state index contributed by atoms with van der Waals surface area (Å²) in [5.74, 6) is 2.25.